The quantitative estimate of drug-likeness (QED) is 0.776. The van der Waals surface area contributed by atoms with Crippen LogP contribution in [0.1, 0.15) is 37.1 Å². The first-order valence-electron chi connectivity index (χ1n) is 6.35. The highest BCUT2D eigenvalue weighted by Gasteiger charge is 2.24. The standard InChI is InChI=1S/C13H20ClN3/c1-10-9-15-11(2)13(16-10)17-8-4-3-5-12(17)6-7-14/h9,12H,3-8H2,1-2H3. The van der Waals surface area contributed by atoms with E-state index in [1.807, 2.05) is 20.0 Å². The first-order valence-corrected chi connectivity index (χ1v) is 6.88. The van der Waals surface area contributed by atoms with Gasteiger partial charge in [0.05, 0.1) is 11.4 Å². The highest BCUT2D eigenvalue weighted by molar-refractivity contribution is 6.17. The van der Waals surface area contributed by atoms with E-state index in [1.165, 1.54) is 19.3 Å². The van der Waals surface area contributed by atoms with Gasteiger partial charge >= 0.3 is 0 Å². The van der Waals surface area contributed by atoms with Crippen molar-refractivity contribution in [3.8, 4) is 0 Å². The van der Waals surface area contributed by atoms with Crippen LogP contribution < -0.4 is 4.90 Å². The van der Waals surface area contributed by atoms with E-state index in [-0.39, 0.29) is 0 Å². The molecular weight excluding hydrogens is 234 g/mol. The van der Waals surface area contributed by atoms with Gasteiger partial charge < -0.3 is 4.90 Å². The number of halogens is 1. The third kappa shape index (κ3) is 2.89. The van der Waals surface area contributed by atoms with Crippen LogP contribution in [-0.2, 0) is 0 Å². The zero-order chi connectivity index (χ0) is 12.3. The molecular formula is C13H20ClN3. The molecule has 0 amide bonds. The first kappa shape index (κ1) is 12.6. The molecule has 0 radical (unpaired) electrons. The molecule has 1 atom stereocenters. The van der Waals surface area contributed by atoms with E-state index in [2.05, 4.69) is 14.9 Å². The monoisotopic (exact) mass is 253 g/mol. The highest BCUT2D eigenvalue weighted by Crippen LogP contribution is 2.27. The van der Waals surface area contributed by atoms with Gasteiger partial charge in [-0.3, -0.25) is 4.98 Å². The lowest BCUT2D eigenvalue weighted by Crippen LogP contribution is -2.41. The summed E-state index contributed by atoms with van der Waals surface area (Å²) in [6.45, 7) is 5.12. The second-order valence-corrected chi connectivity index (χ2v) is 5.12. The molecule has 1 aliphatic rings. The summed E-state index contributed by atoms with van der Waals surface area (Å²) in [5.41, 5.74) is 2.01. The van der Waals surface area contributed by atoms with Gasteiger partial charge in [0.15, 0.2) is 5.82 Å². The summed E-state index contributed by atoms with van der Waals surface area (Å²) < 4.78 is 0. The summed E-state index contributed by atoms with van der Waals surface area (Å²) in [5.74, 6) is 1.78. The number of nitrogens with zero attached hydrogens (tertiary/aromatic N) is 3. The molecule has 4 heteroatoms. The van der Waals surface area contributed by atoms with E-state index in [0.717, 1.165) is 36.1 Å². The fourth-order valence-electron chi connectivity index (χ4n) is 2.50. The minimum Gasteiger partial charge on any atom is -0.352 e. The largest absolute Gasteiger partial charge is 0.352 e. The molecule has 1 saturated heterocycles. The van der Waals surface area contributed by atoms with E-state index in [4.69, 9.17) is 11.6 Å². The summed E-state index contributed by atoms with van der Waals surface area (Å²) in [6, 6.07) is 0.538. The van der Waals surface area contributed by atoms with Crippen molar-refractivity contribution in [2.75, 3.05) is 17.3 Å². The number of piperidine rings is 1. The maximum absolute atomic E-state index is 5.90. The van der Waals surface area contributed by atoms with Crippen molar-refractivity contribution in [1.29, 1.82) is 0 Å². The van der Waals surface area contributed by atoms with Crippen LogP contribution in [0.3, 0.4) is 0 Å². The van der Waals surface area contributed by atoms with Crippen LogP contribution in [-0.4, -0.2) is 28.4 Å². The van der Waals surface area contributed by atoms with Crippen molar-refractivity contribution in [1.82, 2.24) is 9.97 Å². The van der Waals surface area contributed by atoms with Gasteiger partial charge in [-0.15, -0.1) is 11.6 Å². The average Bonchev–Trinajstić information content (AvgIpc) is 2.34. The van der Waals surface area contributed by atoms with Gasteiger partial charge in [0, 0.05) is 24.7 Å². The van der Waals surface area contributed by atoms with Crippen LogP contribution in [0.5, 0.6) is 0 Å². The van der Waals surface area contributed by atoms with Gasteiger partial charge in [-0.25, -0.2) is 4.98 Å². The van der Waals surface area contributed by atoms with E-state index >= 15 is 0 Å². The fourth-order valence-corrected chi connectivity index (χ4v) is 2.75. The van der Waals surface area contributed by atoms with Gasteiger partial charge in [0.1, 0.15) is 0 Å². The smallest absolute Gasteiger partial charge is 0.150 e. The number of hydrogen-bond acceptors (Lipinski definition) is 3. The van der Waals surface area contributed by atoms with Crippen molar-refractivity contribution < 1.29 is 0 Å². The molecule has 2 rings (SSSR count). The van der Waals surface area contributed by atoms with Crippen molar-refractivity contribution >= 4 is 17.4 Å². The van der Waals surface area contributed by atoms with Gasteiger partial charge in [-0.05, 0) is 39.5 Å². The molecule has 0 bridgehead atoms. The van der Waals surface area contributed by atoms with E-state index in [9.17, 15) is 0 Å². The molecule has 1 aromatic rings. The van der Waals surface area contributed by atoms with Crippen LogP contribution in [0.25, 0.3) is 0 Å². The Balaban J connectivity index is 2.25. The minimum atomic E-state index is 0.538. The van der Waals surface area contributed by atoms with E-state index < -0.39 is 0 Å². The minimum absolute atomic E-state index is 0.538. The number of alkyl halides is 1. The molecule has 0 N–H and O–H groups in total. The first-order chi connectivity index (χ1) is 8.22. The molecule has 1 fully saturated rings. The third-order valence-corrected chi connectivity index (χ3v) is 3.61. The lowest BCUT2D eigenvalue weighted by Gasteiger charge is -2.37. The third-order valence-electron chi connectivity index (χ3n) is 3.39. The number of aromatic nitrogens is 2. The van der Waals surface area contributed by atoms with Gasteiger partial charge in [-0.2, -0.15) is 0 Å². The van der Waals surface area contributed by atoms with Crippen molar-refractivity contribution in [2.24, 2.45) is 0 Å². The predicted octanol–water partition coefficient (Wildman–Crippen LogP) is 3.08. The Morgan fingerprint density at radius 1 is 1.41 bits per heavy atom. The Hall–Kier alpha value is -0.830. The summed E-state index contributed by atoms with van der Waals surface area (Å²) in [5, 5.41) is 0. The van der Waals surface area contributed by atoms with Crippen LogP contribution in [0, 0.1) is 13.8 Å². The molecule has 17 heavy (non-hydrogen) atoms. The lowest BCUT2D eigenvalue weighted by atomic mass is 10.00. The van der Waals surface area contributed by atoms with Crippen molar-refractivity contribution in [3.63, 3.8) is 0 Å². The Kier molecular flexibility index (Phi) is 4.21. The number of hydrogen-bond donors (Lipinski definition) is 0. The maximum Gasteiger partial charge on any atom is 0.150 e. The summed E-state index contributed by atoms with van der Waals surface area (Å²) >= 11 is 5.90. The molecule has 94 valence electrons. The van der Waals surface area contributed by atoms with E-state index in [0.29, 0.717) is 6.04 Å². The molecule has 0 aromatic carbocycles. The number of rotatable bonds is 3. The molecule has 1 unspecified atom stereocenters. The van der Waals surface area contributed by atoms with Gasteiger partial charge in [0.2, 0.25) is 0 Å². The van der Waals surface area contributed by atoms with Gasteiger partial charge in [-0.1, -0.05) is 0 Å². The average molecular weight is 254 g/mol. The van der Waals surface area contributed by atoms with Crippen LogP contribution >= 0.6 is 11.6 Å². The van der Waals surface area contributed by atoms with Crippen molar-refractivity contribution in [3.05, 3.63) is 17.6 Å². The molecule has 0 aliphatic carbocycles. The molecule has 1 aromatic heterocycles. The Morgan fingerprint density at radius 3 is 3.00 bits per heavy atom. The Morgan fingerprint density at radius 2 is 2.24 bits per heavy atom. The van der Waals surface area contributed by atoms with Crippen LogP contribution in [0.4, 0.5) is 5.82 Å². The molecule has 0 spiro atoms. The molecule has 2 heterocycles. The topological polar surface area (TPSA) is 29.0 Å². The summed E-state index contributed by atoms with van der Waals surface area (Å²) in [7, 11) is 0. The normalized spacial score (nSPS) is 20.6. The van der Waals surface area contributed by atoms with Gasteiger partial charge in [0.25, 0.3) is 0 Å². The number of anilines is 1. The second kappa shape index (κ2) is 5.67. The fraction of sp³-hybridized carbons (Fsp3) is 0.692. The van der Waals surface area contributed by atoms with Crippen LogP contribution in [0.15, 0.2) is 6.20 Å². The molecule has 3 nitrogen and oxygen atoms in total. The highest BCUT2D eigenvalue weighted by atomic mass is 35.5. The second-order valence-electron chi connectivity index (χ2n) is 4.74. The van der Waals surface area contributed by atoms with Crippen LogP contribution in [0.2, 0.25) is 0 Å². The lowest BCUT2D eigenvalue weighted by molar-refractivity contribution is 0.446. The Bertz CT molecular complexity index is 379. The zero-order valence-electron chi connectivity index (χ0n) is 10.6. The Labute approximate surface area is 108 Å². The zero-order valence-corrected chi connectivity index (χ0v) is 11.4. The SMILES string of the molecule is Cc1cnc(C)c(N2CCCCC2CCCl)n1. The predicted molar refractivity (Wildman–Crippen MR) is 71.8 cm³/mol. The van der Waals surface area contributed by atoms with Crippen molar-refractivity contribution in [2.45, 2.75) is 45.6 Å². The molecule has 0 saturated carbocycles. The molecule has 1 aliphatic heterocycles. The number of aryl methyl sites for hydroxylation is 2. The van der Waals surface area contributed by atoms with E-state index in [1.54, 1.807) is 0 Å². The maximum atomic E-state index is 5.90. The summed E-state index contributed by atoms with van der Waals surface area (Å²) in [6.07, 6.45) is 6.64. The summed E-state index contributed by atoms with van der Waals surface area (Å²) in [4.78, 5) is 11.5.